The minimum atomic E-state index is -0.982. The van der Waals surface area contributed by atoms with Crippen molar-refractivity contribution in [2.24, 2.45) is 0 Å². The van der Waals surface area contributed by atoms with Gasteiger partial charge in [0.2, 0.25) is 0 Å². The number of ether oxygens (including phenoxy) is 2. The number of carboxylic acid groups (broad SMARTS) is 1. The quantitative estimate of drug-likeness (QED) is 0.825. The van der Waals surface area contributed by atoms with Gasteiger partial charge in [-0.15, -0.1) is 0 Å². The summed E-state index contributed by atoms with van der Waals surface area (Å²) in [7, 11) is 0. The Labute approximate surface area is 132 Å². The van der Waals surface area contributed by atoms with Crippen LogP contribution >= 0.6 is 0 Å². The molecule has 0 unspecified atom stereocenters. The van der Waals surface area contributed by atoms with Crippen LogP contribution in [-0.4, -0.2) is 36.6 Å². The zero-order valence-corrected chi connectivity index (χ0v) is 12.2. The number of carbonyl (C=O) groups is 2. The van der Waals surface area contributed by atoms with E-state index in [9.17, 15) is 9.59 Å². The maximum absolute atomic E-state index is 12.2. The van der Waals surface area contributed by atoms with E-state index in [0.717, 1.165) is 0 Å². The van der Waals surface area contributed by atoms with E-state index in [1.54, 1.807) is 30.3 Å². The summed E-state index contributed by atoms with van der Waals surface area (Å²) in [5, 5.41) is 11.8. The van der Waals surface area contributed by atoms with E-state index in [1.165, 1.54) is 12.1 Å². The molecule has 2 aromatic rings. The van der Waals surface area contributed by atoms with Crippen LogP contribution in [0.5, 0.6) is 11.5 Å². The third-order valence-electron chi connectivity index (χ3n) is 3.45. The first kappa shape index (κ1) is 14.9. The number of aromatic carboxylic acids is 1. The second kappa shape index (κ2) is 6.39. The molecule has 0 spiro atoms. The normalized spacial score (nSPS) is 12.5. The monoisotopic (exact) mass is 313 g/mol. The Morgan fingerprint density at radius 3 is 2.30 bits per heavy atom. The number of hydrogen-bond acceptors (Lipinski definition) is 5. The lowest BCUT2D eigenvalue weighted by Gasteiger charge is -2.18. The Balaban J connectivity index is 1.64. The Bertz CT molecular complexity index is 739. The number of Topliss-reactive ketones (excluding diaryl/α,β-unsaturated/α-hetero) is 1. The molecule has 0 radical (unpaired) electrons. The molecule has 2 aromatic carbocycles. The number of anilines is 1. The largest absolute Gasteiger partial charge is 0.486 e. The van der Waals surface area contributed by atoms with Crippen molar-refractivity contribution in [1.82, 2.24) is 0 Å². The van der Waals surface area contributed by atoms with E-state index >= 15 is 0 Å². The van der Waals surface area contributed by atoms with E-state index in [4.69, 9.17) is 14.6 Å². The van der Waals surface area contributed by atoms with Gasteiger partial charge in [0.05, 0.1) is 12.1 Å². The van der Waals surface area contributed by atoms with Gasteiger partial charge in [0.15, 0.2) is 17.3 Å². The number of fused-ring (bicyclic) bond motifs is 1. The molecule has 0 bridgehead atoms. The zero-order chi connectivity index (χ0) is 16.2. The summed E-state index contributed by atoms with van der Waals surface area (Å²) in [5.74, 6) is 0.145. The molecule has 0 aliphatic carbocycles. The lowest BCUT2D eigenvalue weighted by Crippen LogP contribution is -2.17. The lowest BCUT2D eigenvalue weighted by atomic mass is 10.1. The molecule has 0 fully saturated rings. The predicted molar refractivity (Wildman–Crippen MR) is 83.7 cm³/mol. The van der Waals surface area contributed by atoms with E-state index in [-0.39, 0.29) is 17.9 Å². The Kier molecular flexibility index (Phi) is 4.14. The molecule has 0 aromatic heterocycles. The number of ketones is 1. The van der Waals surface area contributed by atoms with Crippen molar-refractivity contribution in [1.29, 1.82) is 0 Å². The first-order valence-corrected chi connectivity index (χ1v) is 7.13. The summed E-state index contributed by atoms with van der Waals surface area (Å²) < 4.78 is 10.9. The highest BCUT2D eigenvalue weighted by atomic mass is 16.6. The number of carbonyl (C=O) groups excluding carboxylic acids is 1. The van der Waals surface area contributed by atoms with Gasteiger partial charge < -0.3 is 19.9 Å². The number of nitrogens with one attached hydrogen (secondary N) is 1. The Morgan fingerprint density at radius 1 is 0.957 bits per heavy atom. The fourth-order valence-electron chi connectivity index (χ4n) is 2.23. The molecule has 23 heavy (non-hydrogen) atoms. The maximum atomic E-state index is 12.2. The Morgan fingerprint density at radius 2 is 1.61 bits per heavy atom. The number of carboxylic acids is 1. The van der Waals surface area contributed by atoms with Crippen LogP contribution in [0.4, 0.5) is 5.69 Å². The minimum absolute atomic E-state index is 0.0933. The summed E-state index contributed by atoms with van der Waals surface area (Å²) in [6, 6.07) is 11.3. The lowest BCUT2D eigenvalue weighted by molar-refractivity contribution is 0.0696. The molecule has 118 valence electrons. The van der Waals surface area contributed by atoms with Crippen LogP contribution < -0.4 is 14.8 Å². The zero-order valence-electron chi connectivity index (χ0n) is 12.2. The van der Waals surface area contributed by atoms with Crippen molar-refractivity contribution in [3.63, 3.8) is 0 Å². The molecule has 0 saturated heterocycles. The fraction of sp³-hybridized carbons (Fsp3) is 0.176. The van der Waals surface area contributed by atoms with Crippen LogP contribution in [0, 0.1) is 0 Å². The average molecular weight is 313 g/mol. The summed E-state index contributed by atoms with van der Waals surface area (Å²) in [6.45, 7) is 1.08. The van der Waals surface area contributed by atoms with Gasteiger partial charge in [-0.3, -0.25) is 4.79 Å². The third-order valence-corrected chi connectivity index (χ3v) is 3.45. The van der Waals surface area contributed by atoms with E-state index in [1.807, 2.05) is 0 Å². The smallest absolute Gasteiger partial charge is 0.335 e. The van der Waals surface area contributed by atoms with Crippen LogP contribution in [0.15, 0.2) is 42.5 Å². The van der Waals surface area contributed by atoms with Crippen LogP contribution in [0.3, 0.4) is 0 Å². The van der Waals surface area contributed by atoms with Crippen LogP contribution in [0.1, 0.15) is 20.7 Å². The van der Waals surface area contributed by atoms with E-state index < -0.39 is 5.97 Å². The van der Waals surface area contributed by atoms with Gasteiger partial charge in [0.25, 0.3) is 0 Å². The number of hydrogen-bond donors (Lipinski definition) is 2. The molecule has 6 heteroatoms. The standard InChI is InChI=1S/C17H15NO5/c19-14(10-18-13-4-1-11(2-5-13)17(20)21)12-3-6-15-16(9-12)23-8-7-22-15/h1-6,9,18H,7-8,10H2,(H,20,21). The summed E-state index contributed by atoms with van der Waals surface area (Å²) in [4.78, 5) is 23.0. The third kappa shape index (κ3) is 3.42. The van der Waals surface area contributed by atoms with Gasteiger partial charge in [0.1, 0.15) is 13.2 Å². The number of benzene rings is 2. The first-order valence-electron chi connectivity index (χ1n) is 7.13. The predicted octanol–water partition coefficient (Wildman–Crippen LogP) is 2.45. The molecular formula is C17H15NO5. The highest BCUT2D eigenvalue weighted by Crippen LogP contribution is 2.30. The summed E-state index contributed by atoms with van der Waals surface area (Å²) in [5.41, 5.74) is 1.42. The van der Waals surface area contributed by atoms with Crippen molar-refractivity contribution in [3.05, 3.63) is 53.6 Å². The van der Waals surface area contributed by atoms with Gasteiger partial charge in [0, 0.05) is 11.3 Å². The second-order valence-electron chi connectivity index (χ2n) is 5.02. The van der Waals surface area contributed by atoms with Gasteiger partial charge in [-0.2, -0.15) is 0 Å². The minimum Gasteiger partial charge on any atom is -0.486 e. The SMILES string of the molecule is O=C(O)c1ccc(NCC(=O)c2ccc3c(c2)OCCO3)cc1. The van der Waals surface area contributed by atoms with Crippen LogP contribution in [-0.2, 0) is 0 Å². The van der Waals surface area contributed by atoms with Crippen molar-refractivity contribution in [2.45, 2.75) is 0 Å². The molecule has 1 aliphatic rings. The highest BCUT2D eigenvalue weighted by molar-refractivity contribution is 5.99. The van der Waals surface area contributed by atoms with Gasteiger partial charge in [-0.05, 0) is 42.5 Å². The first-order chi connectivity index (χ1) is 11.1. The van der Waals surface area contributed by atoms with Crippen molar-refractivity contribution >= 4 is 17.4 Å². The topological polar surface area (TPSA) is 84.9 Å². The molecule has 6 nitrogen and oxygen atoms in total. The molecular weight excluding hydrogens is 298 g/mol. The molecule has 0 atom stereocenters. The molecule has 3 rings (SSSR count). The van der Waals surface area contributed by atoms with Crippen LogP contribution in [0.25, 0.3) is 0 Å². The average Bonchev–Trinajstić information content (AvgIpc) is 2.59. The van der Waals surface area contributed by atoms with Gasteiger partial charge in [-0.1, -0.05) is 0 Å². The highest BCUT2D eigenvalue weighted by Gasteiger charge is 2.14. The molecule has 1 heterocycles. The number of rotatable bonds is 5. The van der Waals surface area contributed by atoms with E-state index in [2.05, 4.69) is 5.32 Å². The fourth-order valence-corrected chi connectivity index (χ4v) is 2.23. The summed E-state index contributed by atoms with van der Waals surface area (Å²) in [6.07, 6.45) is 0. The van der Waals surface area contributed by atoms with Gasteiger partial charge >= 0.3 is 5.97 Å². The van der Waals surface area contributed by atoms with Crippen molar-refractivity contribution < 1.29 is 24.2 Å². The Hall–Kier alpha value is -3.02. The molecule has 1 aliphatic heterocycles. The van der Waals surface area contributed by atoms with Crippen LogP contribution in [0.2, 0.25) is 0 Å². The van der Waals surface area contributed by atoms with E-state index in [0.29, 0.717) is 36.0 Å². The molecule has 0 amide bonds. The molecule has 2 N–H and O–H groups in total. The van der Waals surface area contributed by atoms with Gasteiger partial charge in [-0.25, -0.2) is 4.79 Å². The summed E-state index contributed by atoms with van der Waals surface area (Å²) >= 11 is 0. The van der Waals surface area contributed by atoms with Crippen molar-refractivity contribution in [2.75, 3.05) is 25.1 Å². The second-order valence-corrected chi connectivity index (χ2v) is 5.02. The molecule has 0 saturated carbocycles. The maximum Gasteiger partial charge on any atom is 0.335 e. The van der Waals surface area contributed by atoms with Crippen molar-refractivity contribution in [3.8, 4) is 11.5 Å².